The van der Waals surface area contributed by atoms with E-state index in [9.17, 15) is 4.79 Å². The number of hydrogen-bond acceptors (Lipinski definition) is 3. The Morgan fingerprint density at radius 1 is 1.24 bits per heavy atom. The highest BCUT2D eigenvalue weighted by atomic mass is 16.2. The van der Waals surface area contributed by atoms with Crippen LogP contribution in [-0.2, 0) is 0 Å². The predicted molar refractivity (Wildman–Crippen MR) is 101 cm³/mol. The standard InChI is InChI=1S/C20H28N4O/c1-13-6-11-17-21-14(2)18(24(17)12-13)19(25)23-22-16-9-7-15(8-10-16)20(3,4)5/h6,11-12,15H,7-10H2,1-5H3,(H,23,25). The molecule has 0 aliphatic heterocycles. The summed E-state index contributed by atoms with van der Waals surface area (Å²) < 4.78 is 1.84. The van der Waals surface area contributed by atoms with Gasteiger partial charge in [-0.15, -0.1) is 0 Å². The van der Waals surface area contributed by atoms with Gasteiger partial charge in [0, 0.05) is 11.9 Å². The van der Waals surface area contributed by atoms with Crippen molar-refractivity contribution in [3.05, 3.63) is 35.3 Å². The lowest BCUT2D eigenvalue weighted by atomic mass is 9.72. The van der Waals surface area contributed by atoms with E-state index < -0.39 is 0 Å². The van der Waals surface area contributed by atoms with Gasteiger partial charge in [-0.05, 0) is 62.5 Å². The number of carbonyl (C=O) groups is 1. The molecule has 1 aliphatic rings. The van der Waals surface area contributed by atoms with Crippen LogP contribution in [0.3, 0.4) is 0 Å². The molecule has 2 aromatic heterocycles. The first-order chi connectivity index (χ1) is 11.8. The number of nitrogens with one attached hydrogen (secondary N) is 1. The van der Waals surface area contributed by atoms with Gasteiger partial charge in [0.1, 0.15) is 11.3 Å². The maximum atomic E-state index is 12.6. The second-order valence-corrected chi connectivity index (χ2v) is 8.24. The van der Waals surface area contributed by atoms with Crippen molar-refractivity contribution in [2.45, 2.75) is 60.3 Å². The molecule has 1 amide bonds. The molecule has 5 heteroatoms. The van der Waals surface area contributed by atoms with Gasteiger partial charge >= 0.3 is 0 Å². The average molecular weight is 340 g/mol. The van der Waals surface area contributed by atoms with Gasteiger partial charge in [0.05, 0.1) is 5.69 Å². The number of nitrogens with zero attached hydrogens (tertiary/aromatic N) is 3. The average Bonchev–Trinajstić information content (AvgIpc) is 2.87. The van der Waals surface area contributed by atoms with Crippen LogP contribution in [0.2, 0.25) is 0 Å². The molecule has 1 N–H and O–H groups in total. The number of hydrogen-bond donors (Lipinski definition) is 1. The quantitative estimate of drug-likeness (QED) is 0.830. The minimum atomic E-state index is -0.193. The molecule has 0 unspecified atom stereocenters. The van der Waals surface area contributed by atoms with Crippen LogP contribution in [0.5, 0.6) is 0 Å². The Kier molecular flexibility index (Phi) is 4.67. The molecule has 2 aromatic rings. The third-order valence-electron chi connectivity index (χ3n) is 5.26. The van der Waals surface area contributed by atoms with E-state index in [4.69, 9.17) is 0 Å². The number of carbonyl (C=O) groups excluding carboxylic acids is 1. The Bertz CT molecular complexity index is 816. The maximum absolute atomic E-state index is 12.6. The topological polar surface area (TPSA) is 58.8 Å². The Balaban J connectivity index is 1.72. The van der Waals surface area contributed by atoms with Crippen LogP contribution < -0.4 is 5.43 Å². The van der Waals surface area contributed by atoms with Crippen molar-refractivity contribution in [2.24, 2.45) is 16.4 Å². The van der Waals surface area contributed by atoms with Gasteiger partial charge in [0.2, 0.25) is 0 Å². The van der Waals surface area contributed by atoms with Gasteiger partial charge in [-0.25, -0.2) is 10.4 Å². The molecular weight excluding hydrogens is 312 g/mol. The van der Waals surface area contributed by atoms with Gasteiger partial charge in [0.25, 0.3) is 5.91 Å². The van der Waals surface area contributed by atoms with E-state index in [0.29, 0.717) is 11.1 Å². The molecule has 0 atom stereocenters. The molecule has 5 nitrogen and oxygen atoms in total. The van der Waals surface area contributed by atoms with Gasteiger partial charge in [0.15, 0.2) is 0 Å². The summed E-state index contributed by atoms with van der Waals surface area (Å²) in [5.41, 5.74) is 7.35. The molecule has 1 saturated carbocycles. The summed E-state index contributed by atoms with van der Waals surface area (Å²) in [6.07, 6.45) is 6.16. The fourth-order valence-electron chi connectivity index (χ4n) is 3.65. The highest BCUT2D eigenvalue weighted by Crippen LogP contribution is 2.36. The summed E-state index contributed by atoms with van der Waals surface area (Å²) in [5.74, 6) is 0.534. The Hall–Kier alpha value is -2.17. The Morgan fingerprint density at radius 3 is 2.56 bits per heavy atom. The monoisotopic (exact) mass is 340 g/mol. The minimum Gasteiger partial charge on any atom is -0.295 e. The Labute approximate surface area is 149 Å². The first kappa shape index (κ1) is 17.6. The summed E-state index contributed by atoms with van der Waals surface area (Å²) in [6, 6.07) is 3.93. The molecule has 134 valence electrons. The molecule has 0 aromatic carbocycles. The normalized spacial score (nSPS) is 18.4. The van der Waals surface area contributed by atoms with E-state index in [0.717, 1.165) is 54.2 Å². The van der Waals surface area contributed by atoms with Crippen LogP contribution in [-0.4, -0.2) is 21.0 Å². The third kappa shape index (κ3) is 3.75. The molecule has 0 radical (unpaired) electrons. The number of imidazole rings is 1. The van der Waals surface area contributed by atoms with E-state index in [2.05, 4.69) is 36.3 Å². The van der Waals surface area contributed by atoms with Crippen molar-refractivity contribution in [2.75, 3.05) is 0 Å². The van der Waals surface area contributed by atoms with Crippen LogP contribution in [0.4, 0.5) is 0 Å². The van der Waals surface area contributed by atoms with Crippen molar-refractivity contribution in [1.82, 2.24) is 14.8 Å². The fraction of sp³-hybridized carbons (Fsp3) is 0.550. The van der Waals surface area contributed by atoms with Crippen molar-refractivity contribution < 1.29 is 4.79 Å². The van der Waals surface area contributed by atoms with E-state index in [-0.39, 0.29) is 5.91 Å². The highest BCUT2D eigenvalue weighted by Gasteiger charge is 2.28. The highest BCUT2D eigenvalue weighted by molar-refractivity contribution is 5.96. The van der Waals surface area contributed by atoms with E-state index in [1.54, 1.807) is 0 Å². The van der Waals surface area contributed by atoms with Crippen molar-refractivity contribution in [3.63, 3.8) is 0 Å². The molecule has 2 heterocycles. The first-order valence-electron chi connectivity index (χ1n) is 9.07. The number of amides is 1. The first-order valence-corrected chi connectivity index (χ1v) is 9.07. The lowest BCUT2D eigenvalue weighted by molar-refractivity contribution is 0.0947. The summed E-state index contributed by atoms with van der Waals surface area (Å²) in [4.78, 5) is 17.1. The van der Waals surface area contributed by atoms with Crippen molar-refractivity contribution in [3.8, 4) is 0 Å². The number of hydrazone groups is 1. The van der Waals surface area contributed by atoms with Gasteiger partial charge < -0.3 is 0 Å². The zero-order chi connectivity index (χ0) is 18.2. The molecule has 0 saturated heterocycles. The summed E-state index contributed by atoms with van der Waals surface area (Å²) >= 11 is 0. The van der Waals surface area contributed by atoms with E-state index >= 15 is 0 Å². The largest absolute Gasteiger partial charge is 0.295 e. The molecule has 3 rings (SSSR count). The number of pyridine rings is 1. The number of rotatable bonds is 2. The summed E-state index contributed by atoms with van der Waals surface area (Å²) in [7, 11) is 0. The molecule has 1 aliphatic carbocycles. The van der Waals surface area contributed by atoms with E-state index in [1.807, 2.05) is 36.6 Å². The lowest BCUT2D eigenvalue weighted by Crippen LogP contribution is -2.28. The van der Waals surface area contributed by atoms with Crippen molar-refractivity contribution >= 4 is 17.3 Å². The Morgan fingerprint density at radius 2 is 1.92 bits per heavy atom. The third-order valence-corrected chi connectivity index (χ3v) is 5.26. The predicted octanol–water partition coefficient (Wildman–Crippen LogP) is 4.27. The zero-order valence-corrected chi connectivity index (χ0v) is 15.9. The summed E-state index contributed by atoms with van der Waals surface area (Å²) in [6.45, 7) is 10.8. The van der Waals surface area contributed by atoms with Crippen LogP contribution >= 0.6 is 0 Å². The molecular formula is C20H28N4O. The fourth-order valence-corrected chi connectivity index (χ4v) is 3.65. The van der Waals surface area contributed by atoms with Gasteiger partial charge in [-0.1, -0.05) is 26.8 Å². The van der Waals surface area contributed by atoms with Crippen molar-refractivity contribution in [1.29, 1.82) is 0 Å². The zero-order valence-electron chi connectivity index (χ0n) is 15.9. The second kappa shape index (κ2) is 6.62. The SMILES string of the molecule is Cc1ccc2nc(C)c(C(=O)NN=C3CCC(C(C)(C)C)CC3)n2c1. The van der Waals surface area contributed by atoms with Crippen LogP contribution in [0.25, 0.3) is 5.65 Å². The van der Waals surface area contributed by atoms with Crippen LogP contribution in [0, 0.1) is 25.2 Å². The second-order valence-electron chi connectivity index (χ2n) is 8.24. The number of aryl methyl sites for hydroxylation is 2. The maximum Gasteiger partial charge on any atom is 0.290 e. The van der Waals surface area contributed by atoms with Crippen LogP contribution in [0.15, 0.2) is 23.4 Å². The molecule has 1 fully saturated rings. The number of aromatic nitrogens is 2. The molecule has 25 heavy (non-hydrogen) atoms. The van der Waals surface area contributed by atoms with Crippen LogP contribution in [0.1, 0.15) is 68.2 Å². The minimum absolute atomic E-state index is 0.193. The van der Waals surface area contributed by atoms with E-state index in [1.165, 1.54) is 0 Å². The molecule has 0 spiro atoms. The molecule has 0 bridgehead atoms. The van der Waals surface area contributed by atoms with Gasteiger partial charge in [-0.3, -0.25) is 9.20 Å². The smallest absolute Gasteiger partial charge is 0.290 e. The lowest BCUT2D eigenvalue weighted by Gasteiger charge is -2.34. The summed E-state index contributed by atoms with van der Waals surface area (Å²) in [5, 5.41) is 4.40. The van der Waals surface area contributed by atoms with Gasteiger partial charge in [-0.2, -0.15) is 5.10 Å². The number of fused-ring (bicyclic) bond motifs is 1.